The fourth-order valence-corrected chi connectivity index (χ4v) is 1.98. The molecule has 5 heteroatoms. The standard InChI is InChI=1S/C12H22N2O3/c1-12(2,10(15)16)14-11(17)13-9-7-5-3-4-6-8-9/h9H,3-8H2,1-2H3,(H,15,16)(H2,13,14,17). The normalized spacial score (nSPS) is 18.2. The quantitative estimate of drug-likeness (QED) is 0.661. The van der Waals surface area contributed by atoms with E-state index in [1.165, 1.54) is 26.7 Å². The van der Waals surface area contributed by atoms with Gasteiger partial charge in [-0.3, -0.25) is 0 Å². The zero-order valence-electron chi connectivity index (χ0n) is 10.6. The number of nitrogens with one attached hydrogen (secondary N) is 2. The van der Waals surface area contributed by atoms with Gasteiger partial charge < -0.3 is 15.7 Å². The van der Waals surface area contributed by atoms with Crippen molar-refractivity contribution in [1.82, 2.24) is 10.6 Å². The SMILES string of the molecule is CC(C)(NC(=O)NC1CCCCCC1)C(=O)O. The summed E-state index contributed by atoms with van der Waals surface area (Å²) in [6.45, 7) is 2.95. The molecule has 0 bridgehead atoms. The molecule has 0 aromatic carbocycles. The van der Waals surface area contributed by atoms with Crippen LogP contribution in [0.1, 0.15) is 52.4 Å². The van der Waals surface area contributed by atoms with Crippen molar-refractivity contribution in [2.24, 2.45) is 0 Å². The monoisotopic (exact) mass is 242 g/mol. The van der Waals surface area contributed by atoms with Crippen LogP contribution in [0, 0.1) is 0 Å². The molecule has 0 heterocycles. The van der Waals surface area contributed by atoms with Gasteiger partial charge in [-0.2, -0.15) is 0 Å². The molecule has 1 aliphatic rings. The number of urea groups is 1. The number of carbonyl (C=O) groups is 2. The van der Waals surface area contributed by atoms with E-state index in [0.717, 1.165) is 25.7 Å². The van der Waals surface area contributed by atoms with E-state index in [4.69, 9.17) is 5.11 Å². The predicted octanol–water partition coefficient (Wildman–Crippen LogP) is 1.87. The molecule has 5 nitrogen and oxygen atoms in total. The summed E-state index contributed by atoms with van der Waals surface area (Å²) in [5.74, 6) is -1.03. The van der Waals surface area contributed by atoms with Crippen molar-refractivity contribution < 1.29 is 14.7 Å². The van der Waals surface area contributed by atoms with Gasteiger partial charge in [0.2, 0.25) is 0 Å². The number of aliphatic carboxylic acids is 1. The second-order valence-corrected chi connectivity index (χ2v) is 5.22. The van der Waals surface area contributed by atoms with Gasteiger partial charge in [-0.05, 0) is 26.7 Å². The molecular weight excluding hydrogens is 220 g/mol. The molecule has 0 unspecified atom stereocenters. The summed E-state index contributed by atoms with van der Waals surface area (Å²) in [6, 6.07) is -0.202. The highest BCUT2D eigenvalue weighted by Gasteiger charge is 2.29. The van der Waals surface area contributed by atoms with Crippen molar-refractivity contribution in [2.75, 3.05) is 0 Å². The number of hydrogen-bond donors (Lipinski definition) is 3. The molecule has 0 aromatic heterocycles. The molecule has 2 amide bonds. The maximum absolute atomic E-state index is 11.7. The number of hydrogen-bond acceptors (Lipinski definition) is 2. The number of amides is 2. The van der Waals surface area contributed by atoms with Gasteiger partial charge in [-0.1, -0.05) is 25.7 Å². The van der Waals surface area contributed by atoms with Gasteiger partial charge in [0, 0.05) is 6.04 Å². The summed E-state index contributed by atoms with van der Waals surface area (Å²) in [6.07, 6.45) is 6.68. The first-order valence-electron chi connectivity index (χ1n) is 6.24. The van der Waals surface area contributed by atoms with Crippen LogP contribution < -0.4 is 10.6 Å². The average molecular weight is 242 g/mol. The number of carboxylic acids is 1. The highest BCUT2D eigenvalue weighted by molar-refractivity contribution is 5.85. The Bertz CT molecular complexity index is 281. The van der Waals surface area contributed by atoms with Crippen molar-refractivity contribution in [3.63, 3.8) is 0 Å². The van der Waals surface area contributed by atoms with E-state index in [2.05, 4.69) is 10.6 Å². The lowest BCUT2D eigenvalue weighted by Gasteiger charge is -2.24. The molecule has 1 rings (SSSR count). The lowest BCUT2D eigenvalue weighted by atomic mass is 10.1. The van der Waals surface area contributed by atoms with Crippen LogP contribution in [0.2, 0.25) is 0 Å². The topological polar surface area (TPSA) is 78.4 Å². The maximum atomic E-state index is 11.7. The molecule has 1 aliphatic carbocycles. The molecule has 0 atom stereocenters. The Labute approximate surface area is 102 Å². The molecule has 1 saturated carbocycles. The van der Waals surface area contributed by atoms with Gasteiger partial charge in [0.15, 0.2) is 0 Å². The molecule has 17 heavy (non-hydrogen) atoms. The molecule has 98 valence electrons. The van der Waals surface area contributed by atoms with Crippen LogP contribution in [0.25, 0.3) is 0 Å². The minimum absolute atomic E-state index is 0.182. The van der Waals surface area contributed by atoms with Crippen molar-refractivity contribution in [1.29, 1.82) is 0 Å². The minimum Gasteiger partial charge on any atom is -0.480 e. The molecule has 0 aromatic rings. The smallest absolute Gasteiger partial charge is 0.328 e. The van der Waals surface area contributed by atoms with Crippen molar-refractivity contribution in [3.05, 3.63) is 0 Å². The molecular formula is C12H22N2O3. The molecule has 0 radical (unpaired) electrons. The van der Waals surface area contributed by atoms with Crippen LogP contribution in [0.15, 0.2) is 0 Å². The maximum Gasteiger partial charge on any atom is 0.328 e. The summed E-state index contributed by atoms with van der Waals surface area (Å²) in [5, 5.41) is 14.2. The third-order valence-corrected chi connectivity index (χ3v) is 3.15. The number of carboxylic acid groups (broad SMARTS) is 1. The van der Waals surface area contributed by atoms with Gasteiger partial charge in [-0.15, -0.1) is 0 Å². The molecule has 1 fully saturated rings. The van der Waals surface area contributed by atoms with Gasteiger partial charge in [0.1, 0.15) is 5.54 Å². The van der Waals surface area contributed by atoms with E-state index in [-0.39, 0.29) is 12.1 Å². The Kier molecular flexibility index (Phi) is 4.78. The van der Waals surface area contributed by atoms with E-state index >= 15 is 0 Å². The first-order valence-corrected chi connectivity index (χ1v) is 6.24. The lowest BCUT2D eigenvalue weighted by molar-refractivity contribution is -0.142. The predicted molar refractivity (Wildman–Crippen MR) is 64.9 cm³/mol. The Hall–Kier alpha value is -1.26. The Morgan fingerprint density at radius 3 is 2.12 bits per heavy atom. The van der Waals surface area contributed by atoms with Gasteiger partial charge in [0.25, 0.3) is 0 Å². The van der Waals surface area contributed by atoms with E-state index in [1.54, 1.807) is 0 Å². The van der Waals surface area contributed by atoms with Crippen LogP contribution in [0.3, 0.4) is 0 Å². The zero-order valence-corrected chi connectivity index (χ0v) is 10.6. The van der Waals surface area contributed by atoms with Crippen molar-refractivity contribution in [2.45, 2.75) is 64.0 Å². The highest BCUT2D eigenvalue weighted by atomic mass is 16.4. The first-order chi connectivity index (χ1) is 7.92. The largest absolute Gasteiger partial charge is 0.480 e. The number of rotatable bonds is 3. The van der Waals surface area contributed by atoms with E-state index < -0.39 is 11.5 Å². The van der Waals surface area contributed by atoms with Crippen molar-refractivity contribution >= 4 is 12.0 Å². The Morgan fingerprint density at radius 2 is 1.65 bits per heavy atom. The highest BCUT2D eigenvalue weighted by Crippen LogP contribution is 2.17. The summed E-state index contributed by atoms with van der Waals surface area (Å²) < 4.78 is 0. The average Bonchev–Trinajstić information content (AvgIpc) is 2.45. The molecule has 0 saturated heterocycles. The van der Waals surface area contributed by atoms with E-state index in [0.29, 0.717) is 0 Å². The molecule has 0 aliphatic heterocycles. The first kappa shape index (κ1) is 13.8. The van der Waals surface area contributed by atoms with E-state index in [1.807, 2.05) is 0 Å². The fourth-order valence-electron chi connectivity index (χ4n) is 1.98. The third kappa shape index (κ3) is 4.63. The molecule has 0 spiro atoms. The van der Waals surface area contributed by atoms with Gasteiger partial charge in [-0.25, -0.2) is 9.59 Å². The third-order valence-electron chi connectivity index (χ3n) is 3.15. The van der Waals surface area contributed by atoms with Crippen LogP contribution >= 0.6 is 0 Å². The van der Waals surface area contributed by atoms with Crippen LogP contribution in [-0.4, -0.2) is 28.7 Å². The van der Waals surface area contributed by atoms with Crippen molar-refractivity contribution in [3.8, 4) is 0 Å². The summed E-state index contributed by atoms with van der Waals surface area (Å²) >= 11 is 0. The summed E-state index contributed by atoms with van der Waals surface area (Å²) in [4.78, 5) is 22.5. The zero-order chi connectivity index (χ0) is 12.9. The van der Waals surface area contributed by atoms with Gasteiger partial charge in [0.05, 0.1) is 0 Å². The van der Waals surface area contributed by atoms with Crippen LogP contribution in [0.4, 0.5) is 4.79 Å². The fraction of sp³-hybridized carbons (Fsp3) is 0.833. The second kappa shape index (κ2) is 5.89. The lowest BCUT2D eigenvalue weighted by Crippen LogP contribution is -2.54. The van der Waals surface area contributed by atoms with E-state index in [9.17, 15) is 9.59 Å². The van der Waals surface area contributed by atoms with Crippen LogP contribution in [-0.2, 0) is 4.79 Å². The molecule has 3 N–H and O–H groups in total. The minimum atomic E-state index is -1.23. The van der Waals surface area contributed by atoms with Crippen LogP contribution in [0.5, 0.6) is 0 Å². The Morgan fingerprint density at radius 1 is 1.12 bits per heavy atom. The summed E-state index contributed by atoms with van der Waals surface area (Å²) in [5.41, 5.74) is -1.23. The summed E-state index contributed by atoms with van der Waals surface area (Å²) in [7, 11) is 0. The Balaban J connectivity index is 2.40. The van der Waals surface area contributed by atoms with Gasteiger partial charge >= 0.3 is 12.0 Å². The second-order valence-electron chi connectivity index (χ2n) is 5.22. The number of carbonyl (C=O) groups excluding carboxylic acids is 1.